The minimum Gasteiger partial charge on any atom is -0.372 e. The van der Waals surface area contributed by atoms with Crippen molar-refractivity contribution in [2.24, 2.45) is 5.73 Å². The summed E-state index contributed by atoms with van der Waals surface area (Å²) in [5, 5.41) is 15.2. The number of rotatable bonds is 6. The lowest BCUT2D eigenvalue weighted by molar-refractivity contribution is -0.143. The van der Waals surface area contributed by atoms with Crippen molar-refractivity contribution in [1.82, 2.24) is 10.6 Å². The first kappa shape index (κ1) is 27.3. The van der Waals surface area contributed by atoms with Gasteiger partial charge in [-0.25, -0.2) is 4.79 Å². The molecule has 194 valence electrons. The van der Waals surface area contributed by atoms with Crippen molar-refractivity contribution in [3.63, 3.8) is 0 Å². The van der Waals surface area contributed by atoms with Gasteiger partial charge in [0.25, 0.3) is 0 Å². The molecule has 0 radical (unpaired) electrons. The Morgan fingerprint density at radius 2 is 1.69 bits per heavy atom. The number of alkyl halides is 6. The molecule has 0 unspecified atom stereocenters. The van der Waals surface area contributed by atoms with Gasteiger partial charge >= 0.3 is 18.4 Å². The Morgan fingerprint density at radius 1 is 1.11 bits per heavy atom. The van der Waals surface area contributed by atoms with E-state index in [1.807, 2.05) is 6.07 Å². The first-order chi connectivity index (χ1) is 16.7. The van der Waals surface area contributed by atoms with Crippen LogP contribution in [0.3, 0.4) is 0 Å². The zero-order valence-electron chi connectivity index (χ0n) is 19.1. The summed E-state index contributed by atoms with van der Waals surface area (Å²) >= 11 is 0. The monoisotopic (exact) mass is 514 g/mol. The van der Waals surface area contributed by atoms with E-state index < -0.39 is 46.7 Å². The van der Waals surface area contributed by atoms with Gasteiger partial charge in [0, 0.05) is 6.54 Å². The molecule has 4 N–H and O–H groups in total. The molecule has 0 saturated carbocycles. The van der Waals surface area contributed by atoms with Crippen LogP contribution >= 0.6 is 0 Å². The summed E-state index contributed by atoms with van der Waals surface area (Å²) in [6.45, 7) is 1.22. The molecule has 1 aliphatic heterocycles. The Kier molecular flexibility index (Phi) is 7.57. The van der Waals surface area contributed by atoms with Crippen LogP contribution in [0.25, 0.3) is 0 Å². The molecule has 0 aliphatic carbocycles. The molecule has 0 aromatic heterocycles. The second kappa shape index (κ2) is 9.99. The van der Waals surface area contributed by atoms with E-state index in [1.54, 1.807) is 30.3 Å². The van der Waals surface area contributed by atoms with Crippen molar-refractivity contribution in [3.8, 4) is 6.07 Å². The summed E-state index contributed by atoms with van der Waals surface area (Å²) in [7, 11) is 0. The van der Waals surface area contributed by atoms with Crippen molar-refractivity contribution < 1.29 is 35.9 Å². The number of primary amides is 1. The number of halogens is 6. The van der Waals surface area contributed by atoms with Crippen molar-refractivity contribution in [2.45, 2.75) is 49.3 Å². The number of benzene rings is 2. The quantitative estimate of drug-likeness (QED) is 0.472. The Balaban J connectivity index is 1.89. The predicted molar refractivity (Wildman–Crippen MR) is 117 cm³/mol. The minimum absolute atomic E-state index is 0.0130. The number of hydrogen-bond acceptors (Lipinski definition) is 4. The molecule has 3 rings (SSSR count). The van der Waals surface area contributed by atoms with Crippen LogP contribution in [0, 0.1) is 11.3 Å². The Morgan fingerprint density at radius 3 is 2.14 bits per heavy atom. The van der Waals surface area contributed by atoms with Gasteiger partial charge in [0.2, 0.25) is 0 Å². The molecule has 2 amide bonds. The Bertz CT molecular complexity index is 1090. The van der Waals surface area contributed by atoms with Crippen LogP contribution in [0.5, 0.6) is 0 Å². The van der Waals surface area contributed by atoms with E-state index >= 15 is 0 Å². The summed E-state index contributed by atoms with van der Waals surface area (Å²) in [5.41, 5.74) is 0.603. The molecular formula is C24H24F6N4O2. The number of carbonyl (C=O) groups is 1. The second-order valence-electron chi connectivity index (χ2n) is 8.78. The molecule has 0 spiro atoms. The molecule has 3 atom stereocenters. The van der Waals surface area contributed by atoms with Gasteiger partial charge in [-0.3, -0.25) is 0 Å². The molecule has 2 aromatic carbocycles. The van der Waals surface area contributed by atoms with Gasteiger partial charge in [-0.2, -0.15) is 31.6 Å². The summed E-state index contributed by atoms with van der Waals surface area (Å²) < 4.78 is 85.5. The lowest BCUT2D eigenvalue weighted by Crippen LogP contribution is -2.64. The molecule has 0 bridgehead atoms. The largest absolute Gasteiger partial charge is 0.416 e. The third kappa shape index (κ3) is 6.09. The number of ether oxygens (including phenoxy) is 1. The van der Waals surface area contributed by atoms with E-state index in [2.05, 4.69) is 10.6 Å². The average Bonchev–Trinajstić information content (AvgIpc) is 2.82. The molecule has 1 saturated heterocycles. The predicted octanol–water partition coefficient (Wildman–Crippen LogP) is 5.01. The van der Waals surface area contributed by atoms with E-state index in [-0.39, 0.29) is 37.6 Å². The maximum Gasteiger partial charge on any atom is 0.416 e. The van der Waals surface area contributed by atoms with Crippen LogP contribution in [0.15, 0.2) is 48.5 Å². The van der Waals surface area contributed by atoms with Gasteiger partial charge < -0.3 is 21.1 Å². The highest BCUT2D eigenvalue weighted by molar-refractivity contribution is 5.73. The maximum atomic E-state index is 13.3. The summed E-state index contributed by atoms with van der Waals surface area (Å²) in [6.07, 6.45) is -10.6. The number of amides is 2. The summed E-state index contributed by atoms with van der Waals surface area (Å²) in [5.74, 6) is 0. The average molecular weight is 514 g/mol. The van der Waals surface area contributed by atoms with Crippen LogP contribution in [0.4, 0.5) is 31.1 Å². The zero-order chi connectivity index (χ0) is 26.8. The van der Waals surface area contributed by atoms with Gasteiger partial charge in [-0.15, -0.1) is 0 Å². The van der Waals surface area contributed by atoms with Crippen molar-refractivity contribution in [2.75, 3.05) is 13.2 Å². The third-order valence-electron chi connectivity index (χ3n) is 6.27. The minimum atomic E-state index is -4.97. The van der Waals surface area contributed by atoms with Crippen LogP contribution in [-0.2, 0) is 22.6 Å². The Hall–Kier alpha value is -3.30. The first-order valence-electron chi connectivity index (χ1n) is 10.9. The van der Waals surface area contributed by atoms with Crippen molar-refractivity contribution in [3.05, 3.63) is 70.8 Å². The smallest absolute Gasteiger partial charge is 0.372 e. The van der Waals surface area contributed by atoms with Gasteiger partial charge in [-0.05, 0) is 49.1 Å². The lowest BCUT2D eigenvalue weighted by Gasteiger charge is -2.45. The Labute approximate surface area is 203 Å². The van der Waals surface area contributed by atoms with E-state index in [1.165, 1.54) is 6.92 Å². The number of urea groups is 1. The number of nitrogens with zero attached hydrogens (tertiary/aromatic N) is 1. The highest BCUT2D eigenvalue weighted by Crippen LogP contribution is 2.39. The molecule has 6 nitrogen and oxygen atoms in total. The first-order valence-corrected chi connectivity index (χ1v) is 10.9. The van der Waals surface area contributed by atoms with Gasteiger partial charge in [0.15, 0.2) is 0 Å². The van der Waals surface area contributed by atoms with E-state index in [0.717, 1.165) is 5.56 Å². The molecular weight excluding hydrogens is 490 g/mol. The van der Waals surface area contributed by atoms with Crippen LogP contribution in [0.2, 0.25) is 0 Å². The number of carbonyl (C=O) groups excluding carboxylic acids is 1. The van der Waals surface area contributed by atoms with Gasteiger partial charge in [-0.1, -0.05) is 30.3 Å². The second-order valence-corrected chi connectivity index (χ2v) is 8.78. The third-order valence-corrected chi connectivity index (χ3v) is 6.27. The van der Waals surface area contributed by atoms with Crippen molar-refractivity contribution >= 4 is 6.03 Å². The lowest BCUT2D eigenvalue weighted by atomic mass is 9.77. The number of nitrogens with one attached hydrogen (secondary N) is 2. The number of nitriles is 1. The van der Waals surface area contributed by atoms with E-state index in [0.29, 0.717) is 12.1 Å². The zero-order valence-corrected chi connectivity index (χ0v) is 19.1. The van der Waals surface area contributed by atoms with Crippen LogP contribution < -0.4 is 16.4 Å². The number of piperidine rings is 1. The molecule has 1 aliphatic rings. The molecule has 36 heavy (non-hydrogen) atoms. The fourth-order valence-electron chi connectivity index (χ4n) is 4.18. The topological polar surface area (TPSA) is 100 Å². The van der Waals surface area contributed by atoms with Gasteiger partial charge in [0.1, 0.15) is 5.54 Å². The normalized spacial score (nSPS) is 23.5. The van der Waals surface area contributed by atoms with Crippen LogP contribution in [-0.4, -0.2) is 24.7 Å². The fraction of sp³-hybridized carbons (Fsp3) is 0.417. The SMILES string of the molecule is C[C@@H](OC[C@@]1(c2ccccc2)CC[C@](C#N)(NC(N)=O)CN1)c1cc(C(F)(F)F)cc(C(F)(F)F)c1. The summed E-state index contributed by atoms with van der Waals surface area (Å²) in [6, 6.07) is 11.4. The maximum absolute atomic E-state index is 13.3. The molecule has 2 aromatic rings. The van der Waals surface area contributed by atoms with Crippen molar-refractivity contribution in [1.29, 1.82) is 5.26 Å². The summed E-state index contributed by atoms with van der Waals surface area (Å²) in [4.78, 5) is 11.4. The van der Waals surface area contributed by atoms with E-state index in [4.69, 9.17) is 10.5 Å². The highest BCUT2D eigenvalue weighted by atomic mass is 19.4. The molecule has 12 heteroatoms. The van der Waals surface area contributed by atoms with E-state index in [9.17, 15) is 36.4 Å². The van der Waals surface area contributed by atoms with Gasteiger partial charge in [0.05, 0.1) is 35.4 Å². The molecule has 1 heterocycles. The number of nitrogens with two attached hydrogens (primary N) is 1. The fourth-order valence-corrected chi connectivity index (χ4v) is 4.18. The number of hydrogen-bond donors (Lipinski definition) is 3. The standard InChI is InChI=1S/C24H24F6N4O2/c1-15(16-9-18(23(25,26)27)11-19(10-16)24(28,29)30)36-14-22(17-5-3-2-4-6-17)8-7-21(12-31,13-33-22)34-20(32)35/h2-6,9-11,15,33H,7-8,13-14H2,1H3,(H3,32,34,35)/t15-,21-,22-/m1/s1. The molecule has 1 fully saturated rings. The highest BCUT2D eigenvalue weighted by Gasteiger charge is 2.45. The van der Waals surface area contributed by atoms with Crippen LogP contribution in [0.1, 0.15) is 48.1 Å².